The Hall–Kier alpha value is -1.97. The van der Waals surface area contributed by atoms with Gasteiger partial charge in [0, 0.05) is 12.4 Å². The van der Waals surface area contributed by atoms with E-state index in [1.165, 1.54) is 0 Å². The van der Waals surface area contributed by atoms with Gasteiger partial charge in [-0.1, -0.05) is 96.8 Å². The van der Waals surface area contributed by atoms with Gasteiger partial charge in [-0.15, -0.1) is 0 Å². The molecule has 25 heavy (non-hydrogen) atoms. The third kappa shape index (κ3) is 4.17. The van der Waals surface area contributed by atoms with Gasteiger partial charge in [-0.25, -0.2) is 0 Å². The molecule has 0 aliphatic rings. The van der Waals surface area contributed by atoms with Crippen molar-refractivity contribution in [2.24, 2.45) is 0 Å². The van der Waals surface area contributed by atoms with Gasteiger partial charge in [-0.2, -0.15) is 0 Å². The van der Waals surface area contributed by atoms with Gasteiger partial charge in [0.2, 0.25) is 0 Å². The molecule has 2 nitrogen and oxygen atoms in total. The molecule has 0 fully saturated rings. The van der Waals surface area contributed by atoms with Gasteiger partial charge in [-0.3, -0.25) is 0 Å². The molecule has 0 aromatic heterocycles. The Kier molecular flexibility index (Phi) is 6.91. The van der Waals surface area contributed by atoms with Crippen LogP contribution in [0.3, 0.4) is 0 Å². The maximum absolute atomic E-state index is 11.2. The number of hydrogen-bond acceptors (Lipinski definition) is 2. The van der Waals surface area contributed by atoms with E-state index < -0.39 is 12.9 Å². The summed E-state index contributed by atoms with van der Waals surface area (Å²) in [6.07, 6.45) is -0.0769. The number of carboxylic acid groups (broad SMARTS) is 1. The molecule has 0 unspecified atom stereocenters. The van der Waals surface area contributed by atoms with Crippen LogP contribution in [-0.4, -0.2) is 11.8 Å². The number of carbonyl (C=O) groups excluding carboxylic acids is 1. The molecule has 0 N–H and O–H groups in total. The molecule has 3 aromatic carbocycles. The SMILES string of the molecule is O=C([O-])CC=P(c1ccccc1)(c1ccccc1)c1ccccc1.[Li+]. The first-order valence-corrected chi connectivity index (χ1v) is 9.69. The minimum atomic E-state index is -2.15. The second-order valence-electron chi connectivity index (χ2n) is 5.49. The van der Waals surface area contributed by atoms with Crippen LogP contribution in [0.5, 0.6) is 0 Å². The van der Waals surface area contributed by atoms with Crippen molar-refractivity contribution in [3.63, 3.8) is 0 Å². The first-order valence-electron chi connectivity index (χ1n) is 7.83. The minimum absolute atomic E-state index is 0. The van der Waals surface area contributed by atoms with Gasteiger partial charge in [-0.05, 0) is 22.8 Å². The van der Waals surface area contributed by atoms with Crippen LogP contribution in [0.15, 0.2) is 91.0 Å². The van der Waals surface area contributed by atoms with E-state index in [1.807, 2.05) is 60.4 Å². The summed E-state index contributed by atoms with van der Waals surface area (Å²) in [5.41, 5.74) is 0. The molecule has 3 rings (SSSR count). The fourth-order valence-corrected chi connectivity index (χ4v) is 6.84. The molecule has 0 heterocycles. The van der Waals surface area contributed by atoms with Crippen molar-refractivity contribution in [2.45, 2.75) is 6.42 Å². The predicted octanol–water partition coefficient (Wildman–Crippen LogP) is -1.07. The molecule has 4 heteroatoms. The zero-order chi connectivity index (χ0) is 16.8. The van der Waals surface area contributed by atoms with Crippen LogP contribution in [0.2, 0.25) is 0 Å². The van der Waals surface area contributed by atoms with Crippen molar-refractivity contribution in [3.05, 3.63) is 91.0 Å². The molecule has 0 saturated heterocycles. The van der Waals surface area contributed by atoms with E-state index in [9.17, 15) is 9.90 Å². The van der Waals surface area contributed by atoms with Gasteiger partial charge in [0.1, 0.15) is 0 Å². The van der Waals surface area contributed by atoms with Gasteiger partial charge < -0.3 is 9.90 Å². The summed E-state index contributed by atoms with van der Waals surface area (Å²) >= 11 is 0. The van der Waals surface area contributed by atoms with Gasteiger partial charge >= 0.3 is 18.9 Å². The average molecular weight is 340 g/mol. The number of rotatable bonds is 5. The van der Waals surface area contributed by atoms with Crippen molar-refractivity contribution in [2.75, 3.05) is 0 Å². The number of aliphatic carboxylic acids is 1. The Morgan fingerprint density at radius 1 is 0.720 bits per heavy atom. The second-order valence-corrected chi connectivity index (χ2v) is 8.85. The summed E-state index contributed by atoms with van der Waals surface area (Å²) in [6.45, 7) is -2.15. The minimum Gasteiger partial charge on any atom is -0.550 e. The Morgan fingerprint density at radius 3 is 1.32 bits per heavy atom. The Balaban J connectivity index is 0.00000225. The molecule has 0 aliphatic carbocycles. The number of carboxylic acids is 1. The topological polar surface area (TPSA) is 40.1 Å². The normalized spacial score (nSPS) is 10.6. The molecule has 0 saturated carbocycles. The molecule has 0 amide bonds. The smallest absolute Gasteiger partial charge is 0.550 e. The molecule has 0 radical (unpaired) electrons. The fraction of sp³-hybridized carbons (Fsp3) is 0.0476. The van der Waals surface area contributed by atoms with E-state index in [1.54, 1.807) is 0 Å². The van der Waals surface area contributed by atoms with Crippen LogP contribution in [0.1, 0.15) is 6.42 Å². The quantitative estimate of drug-likeness (QED) is 0.438. The molecule has 120 valence electrons. The Morgan fingerprint density at radius 2 is 1.04 bits per heavy atom. The second kappa shape index (κ2) is 8.93. The summed E-state index contributed by atoms with van der Waals surface area (Å²) < 4.78 is 0. The van der Waals surface area contributed by atoms with Gasteiger partial charge in [0.05, 0.1) is 0 Å². The predicted molar refractivity (Wildman–Crippen MR) is 101 cm³/mol. The van der Waals surface area contributed by atoms with E-state index >= 15 is 0 Å². The third-order valence-electron chi connectivity index (χ3n) is 4.02. The molecule has 0 bridgehead atoms. The summed E-state index contributed by atoms with van der Waals surface area (Å²) in [6, 6.07) is 30.5. The zero-order valence-corrected chi connectivity index (χ0v) is 15.1. The summed E-state index contributed by atoms with van der Waals surface area (Å²) in [4.78, 5) is 11.2. The van der Waals surface area contributed by atoms with E-state index in [-0.39, 0.29) is 25.3 Å². The largest absolute Gasteiger partial charge is 1.00 e. The molecule has 0 aliphatic heterocycles. The Bertz CT molecular complexity index is 759. The Labute approximate surface area is 160 Å². The fourth-order valence-electron chi connectivity index (χ4n) is 2.96. The van der Waals surface area contributed by atoms with Crippen molar-refractivity contribution in [3.8, 4) is 0 Å². The first-order chi connectivity index (χ1) is 11.7. The van der Waals surface area contributed by atoms with E-state index in [0.29, 0.717) is 0 Å². The molecule has 3 aromatic rings. The van der Waals surface area contributed by atoms with Gasteiger partial charge in [0.15, 0.2) is 0 Å². The maximum Gasteiger partial charge on any atom is 1.00 e. The van der Waals surface area contributed by atoms with Crippen LogP contribution in [0, 0.1) is 0 Å². The summed E-state index contributed by atoms with van der Waals surface area (Å²) in [5, 5.41) is 14.6. The maximum atomic E-state index is 11.2. The molecule has 0 spiro atoms. The summed E-state index contributed by atoms with van der Waals surface area (Å²) in [7, 11) is 0. The monoisotopic (exact) mass is 340 g/mol. The molecular formula is C21H18LiO2P. The standard InChI is InChI=1S/C21H19O2P.Li/c22-21(23)16-17-24(18-10-4-1-5-11-18,19-12-6-2-7-13-19)20-14-8-3-9-15-20;/h1-15,17H,16H2,(H,22,23);/q;+1/p-1. The van der Waals surface area contributed by atoms with Gasteiger partial charge in [0.25, 0.3) is 0 Å². The van der Waals surface area contributed by atoms with Crippen molar-refractivity contribution >= 4 is 34.6 Å². The van der Waals surface area contributed by atoms with Crippen LogP contribution >= 0.6 is 6.89 Å². The summed E-state index contributed by atoms with van der Waals surface area (Å²) in [5.74, 6) is 0.893. The molecular weight excluding hydrogens is 322 g/mol. The number of carbonyl (C=O) groups is 1. The van der Waals surface area contributed by atoms with Crippen LogP contribution in [-0.2, 0) is 4.79 Å². The number of benzene rings is 3. The zero-order valence-electron chi connectivity index (χ0n) is 14.2. The third-order valence-corrected chi connectivity index (χ3v) is 8.09. The van der Waals surface area contributed by atoms with Crippen LogP contribution in [0.4, 0.5) is 0 Å². The first kappa shape index (κ1) is 19.4. The average Bonchev–Trinajstić information content (AvgIpc) is 2.65. The van der Waals surface area contributed by atoms with Crippen LogP contribution in [0.25, 0.3) is 0 Å². The van der Waals surface area contributed by atoms with Crippen molar-refractivity contribution in [1.29, 1.82) is 0 Å². The number of hydrogen-bond donors (Lipinski definition) is 0. The van der Waals surface area contributed by atoms with Crippen LogP contribution < -0.4 is 39.9 Å². The van der Waals surface area contributed by atoms with Crippen molar-refractivity contribution < 1.29 is 28.8 Å². The van der Waals surface area contributed by atoms with E-state index in [4.69, 9.17) is 0 Å². The molecule has 0 atom stereocenters. The van der Waals surface area contributed by atoms with E-state index in [0.717, 1.165) is 15.9 Å². The van der Waals surface area contributed by atoms with Crippen molar-refractivity contribution in [1.82, 2.24) is 0 Å². The van der Waals surface area contributed by atoms with E-state index in [2.05, 4.69) is 36.4 Å².